The highest BCUT2D eigenvalue weighted by Crippen LogP contribution is 2.32. The van der Waals surface area contributed by atoms with Gasteiger partial charge in [0.1, 0.15) is 11.4 Å². The number of benzene rings is 1. The van der Waals surface area contributed by atoms with Crippen molar-refractivity contribution >= 4 is 16.9 Å². The zero-order valence-corrected chi connectivity index (χ0v) is 11.0. The van der Waals surface area contributed by atoms with Crippen molar-refractivity contribution in [1.82, 2.24) is 9.72 Å². The van der Waals surface area contributed by atoms with Crippen molar-refractivity contribution in [2.24, 2.45) is 7.05 Å². The third kappa shape index (κ3) is 1.82. The molecule has 0 saturated carbocycles. The zero-order chi connectivity index (χ0) is 14.3. The molecule has 3 aromatic rings. The molecule has 0 fully saturated rings. The van der Waals surface area contributed by atoms with Gasteiger partial charge < -0.3 is 18.9 Å². The van der Waals surface area contributed by atoms with E-state index in [4.69, 9.17) is 14.4 Å². The van der Waals surface area contributed by atoms with Gasteiger partial charge in [0.25, 0.3) is 0 Å². The van der Waals surface area contributed by atoms with Crippen molar-refractivity contribution in [3.8, 4) is 17.0 Å². The highest BCUT2D eigenvalue weighted by Gasteiger charge is 2.16. The fraction of sp³-hybridized carbons (Fsp3) is 0.143. The number of carboxylic acid groups (broad SMARTS) is 1. The summed E-state index contributed by atoms with van der Waals surface area (Å²) in [5.74, 6) is -0.548. The largest absolute Gasteiger partial charge is 0.497 e. The van der Waals surface area contributed by atoms with Gasteiger partial charge in [0.05, 0.1) is 12.6 Å². The normalized spacial score (nSPS) is 10.9. The molecule has 102 valence electrons. The molecule has 0 amide bonds. The highest BCUT2D eigenvalue weighted by molar-refractivity contribution is 5.96. The minimum absolute atomic E-state index is 0.175. The van der Waals surface area contributed by atoms with E-state index in [1.165, 1.54) is 6.07 Å². The van der Waals surface area contributed by atoms with Gasteiger partial charge in [-0.3, -0.25) is 0 Å². The maximum absolute atomic E-state index is 10.8. The number of fused-ring (bicyclic) bond motifs is 1. The van der Waals surface area contributed by atoms with E-state index in [1.54, 1.807) is 7.11 Å². The van der Waals surface area contributed by atoms with Gasteiger partial charge in [-0.1, -0.05) is 5.16 Å². The first-order valence-corrected chi connectivity index (χ1v) is 5.93. The summed E-state index contributed by atoms with van der Waals surface area (Å²) in [5.41, 5.74) is 2.29. The van der Waals surface area contributed by atoms with Crippen molar-refractivity contribution in [2.75, 3.05) is 7.11 Å². The number of ether oxygens (including phenoxy) is 1. The van der Waals surface area contributed by atoms with Crippen LogP contribution >= 0.6 is 0 Å². The second-order valence-corrected chi connectivity index (χ2v) is 4.42. The molecule has 1 N–H and O–H groups in total. The maximum atomic E-state index is 10.8. The Morgan fingerprint density at radius 3 is 2.85 bits per heavy atom. The number of hydrogen-bond donors (Lipinski definition) is 1. The van der Waals surface area contributed by atoms with Gasteiger partial charge in [-0.15, -0.1) is 0 Å². The van der Waals surface area contributed by atoms with E-state index in [0.717, 1.165) is 22.2 Å². The summed E-state index contributed by atoms with van der Waals surface area (Å²) in [5, 5.41) is 13.6. The van der Waals surface area contributed by atoms with E-state index in [1.807, 2.05) is 36.0 Å². The van der Waals surface area contributed by atoms with Crippen LogP contribution in [0.4, 0.5) is 0 Å². The lowest BCUT2D eigenvalue weighted by Gasteiger charge is -2.01. The molecule has 0 aliphatic rings. The molecule has 2 heterocycles. The van der Waals surface area contributed by atoms with E-state index in [9.17, 15) is 4.79 Å². The Bertz CT molecular complexity index is 801. The maximum Gasteiger partial charge on any atom is 0.374 e. The van der Waals surface area contributed by atoms with Gasteiger partial charge in [-0.25, -0.2) is 4.79 Å². The number of methoxy groups -OCH3 is 1. The van der Waals surface area contributed by atoms with Crippen molar-refractivity contribution in [3.63, 3.8) is 0 Å². The fourth-order valence-electron chi connectivity index (χ4n) is 2.20. The lowest BCUT2D eigenvalue weighted by Crippen LogP contribution is -1.91. The summed E-state index contributed by atoms with van der Waals surface area (Å²) in [7, 11) is 3.52. The lowest BCUT2D eigenvalue weighted by molar-refractivity contribution is 0.0652. The van der Waals surface area contributed by atoms with Gasteiger partial charge in [-0.2, -0.15) is 0 Å². The average molecular weight is 272 g/mol. The Morgan fingerprint density at radius 1 is 1.40 bits per heavy atom. The average Bonchev–Trinajstić information content (AvgIpc) is 3.04. The third-order valence-corrected chi connectivity index (χ3v) is 3.19. The summed E-state index contributed by atoms with van der Waals surface area (Å²) in [6, 6.07) is 7.10. The second kappa shape index (κ2) is 4.41. The van der Waals surface area contributed by atoms with E-state index >= 15 is 0 Å². The first-order valence-electron chi connectivity index (χ1n) is 5.93. The predicted octanol–water partition coefficient (Wildman–Crippen LogP) is 2.54. The zero-order valence-electron chi connectivity index (χ0n) is 11.0. The van der Waals surface area contributed by atoms with Crippen LogP contribution in [-0.2, 0) is 7.05 Å². The Kier molecular flexibility index (Phi) is 2.71. The van der Waals surface area contributed by atoms with E-state index in [0.29, 0.717) is 5.69 Å². The summed E-state index contributed by atoms with van der Waals surface area (Å²) < 4.78 is 11.9. The number of carbonyl (C=O) groups is 1. The SMILES string of the molecule is COc1ccc2c(-c3cc(C(=O)O)on3)cn(C)c2c1. The molecule has 0 spiro atoms. The van der Waals surface area contributed by atoms with Crippen LogP contribution in [-0.4, -0.2) is 27.9 Å². The number of hydrogen-bond acceptors (Lipinski definition) is 4. The van der Waals surface area contributed by atoms with Crippen LogP contribution in [0.1, 0.15) is 10.6 Å². The van der Waals surface area contributed by atoms with Crippen molar-refractivity contribution in [3.05, 3.63) is 36.2 Å². The number of nitrogens with zero attached hydrogens (tertiary/aromatic N) is 2. The summed E-state index contributed by atoms with van der Waals surface area (Å²) in [4.78, 5) is 10.8. The number of aromatic nitrogens is 2. The minimum Gasteiger partial charge on any atom is -0.497 e. The molecule has 2 aromatic heterocycles. The molecule has 0 unspecified atom stereocenters. The Balaban J connectivity index is 2.18. The molecule has 3 rings (SSSR count). The standard InChI is InChI=1S/C14H12N2O4/c1-16-7-10(11-6-13(14(17)18)20-15-11)9-4-3-8(19-2)5-12(9)16/h3-7H,1-2H3,(H,17,18). The Morgan fingerprint density at radius 2 is 2.20 bits per heavy atom. The minimum atomic E-state index is -1.13. The van der Waals surface area contributed by atoms with Gasteiger partial charge in [0.2, 0.25) is 5.76 Å². The molecule has 0 atom stereocenters. The first-order chi connectivity index (χ1) is 9.60. The smallest absolute Gasteiger partial charge is 0.374 e. The van der Waals surface area contributed by atoms with Gasteiger partial charge in [0, 0.05) is 36.3 Å². The molecule has 6 nitrogen and oxygen atoms in total. The van der Waals surface area contributed by atoms with E-state index in [-0.39, 0.29) is 5.76 Å². The lowest BCUT2D eigenvalue weighted by atomic mass is 10.1. The molecular formula is C14H12N2O4. The van der Waals surface area contributed by atoms with Gasteiger partial charge in [-0.05, 0) is 12.1 Å². The number of rotatable bonds is 3. The van der Waals surface area contributed by atoms with Crippen LogP contribution in [0.15, 0.2) is 35.0 Å². The van der Waals surface area contributed by atoms with Crippen molar-refractivity contribution in [2.45, 2.75) is 0 Å². The molecule has 1 aromatic carbocycles. The van der Waals surface area contributed by atoms with Crippen LogP contribution in [0.2, 0.25) is 0 Å². The molecule has 20 heavy (non-hydrogen) atoms. The fourth-order valence-corrected chi connectivity index (χ4v) is 2.20. The van der Waals surface area contributed by atoms with Gasteiger partial charge in [0.15, 0.2) is 0 Å². The van der Waals surface area contributed by atoms with Gasteiger partial charge >= 0.3 is 5.97 Å². The molecule has 6 heteroatoms. The van der Waals surface area contributed by atoms with Crippen LogP contribution < -0.4 is 4.74 Å². The molecule has 0 saturated heterocycles. The molecule has 0 aliphatic heterocycles. The number of aryl methyl sites for hydroxylation is 1. The van der Waals surface area contributed by atoms with Crippen LogP contribution in [0.3, 0.4) is 0 Å². The van der Waals surface area contributed by atoms with E-state index < -0.39 is 5.97 Å². The topological polar surface area (TPSA) is 77.5 Å². The Labute approximate surface area is 114 Å². The predicted molar refractivity (Wildman–Crippen MR) is 71.9 cm³/mol. The second-order valence-electron chi connectivity index (χ2n) is 4.42. The monoisotopic (exact) mass is 272 g/mol. The molecule has 0 aliphatic carbocycles. The van der Waals surface area contributed by atoms with Crippen LogP contribution in [0, 0.1) is 0 Å². The number of carboxylic acids is 1. The van der Waals surface area contributed by atoms with Crippen LogP contribution in [0.25, 0.3) is 22.2 Å². The molecular weight excluding hydrogens is 260 g/mol. The van der Waals surface area contributed by atoms with Crippen LogP contribution in [0.5, 0.6) is 5.75 Å². The highest BCUT2D eigenvalue weighted by atomic mass is 16.5. The summed E-state index contributed by atoms with van der Waals surface area (Å²) >= 11 is 0. The first kappa shape index (κ1) is 12.3. The Hall–Kier alpha value is -2.76. The third-order valence-electron chi connectivity index (χ3n) is 3.19. The summed E-state index contributed by atoms with van der Waals surface area (Å²) in [6.07, 6.45) is 1.88. The number of aromatic carboxylic acids is 1. The van der Waals surface area contributed by atoms with Crippen molar-refractivity contribution in [1.29, 1.82) is 0 Å². The van der Waals surface area contributed by atoms with E-state index in [2.05, 4.69) is 5.16 Å². The molecule has 0 bridgehead atoms. The summed E-state index contributed by atoms with van der Waals surface area (Å²) in [6.45, 7) is 0. The molecule has 0 radical (unpaired) electrons. The quantitative estimate of drug-likeness (QED) is 0.792. The van der Waals surface area contributed by atoms with Crippen molar-refractivity contribution < 1.29 is 19.2 Å².